The second-order valence-corrected chi connectivity index (χ2v) is 3.60. The molecule has 0 aliphatic heterocycles. The largest absolute Gasteiger partial charge is 0.496 e. The maximum absolute atomic E-state index is 10.5. The van der Waals surface area contributed by atoms with Gasteiger partial charge in [0.25, 0.3) is 0 Å². The molecule has 0 atom stereocenters. The molecule has 0 aliphatic carbocycles. The average Bonchev–Trinajstić information content (AvgIpc) is 2.77. The molecule has 0 N–H and O–H groups in total. The number of hydrogen-bond donors (Lipinski definition) is 0. The Morgan fingerprint density at radius 3 is 2.75 bits per heavy atom. The standard InChI is InChI=1S/C12H9ClO3/c1-15-11-4-2-8(13)6-10(11)12-5-3-9(7-14)16-12/h2-7H,1H3. The van der Waals surface area contributed by atoms with Crippen LogP contribution >= 0.6 is 11.6 Å². The zero-order valence-corrected chi connectivity index (χ0v) is 9.32. The Morgan fingerprint density at radius 1 is 1.31 bits per heavy atom. The van der Waals surface area contributed by atoms with E-state index < -0.39 is 0 Å². The van der Waals surface area contributed by atoms with E-state index in [0.717, 1.165) is 5.56 Å². The van der Waals surface area contributed by atoms with Crippen LogP contribution in [0.25, 0.3) is 11.3 Å². The number of halogens is 1. The highest BCUT2D eigenvalue weighted by Crippen LogP contribution is 2.33. The van der Waals surface area contributed by atoms with E-state index in [1.807, 2.05) is 0 Å². The van der Waals surface area contributed by atoms with Gasteiger partial charge in [-0.15, -0.1) is 0 Å². The summed E-state index contributed by atoms with van der Waals surface area (Å²) in [6, 6.07) is 8.52. The Balaban J connectivity index is 2.53. The lowest BCUT2D eigenvalue weighted by atomic mass is 10.1. The van der Waals surface area contributed by atoms with Gasteiger partial charge in [0.15, 0.2) is 12.0 Å². The molecule has 0 saturated heterocycles. The van der Waals surface area contributed by atoms with E-state index in [2.05, 4.69) is 0 Å². The van der Waals surface area contributed by atoms with Crippen molar-refractivity contribution >= 4 is 17.9 Å². The fourth-order valence-corrected chi connectivity index (χ4v) is 1.61. The van der Waals surface area contributed by atoms with Crippen molar-refractivity contribution in [3.63, 3.8) is 0 Å². The van der Waals surface area contributed by atoms with Crippen LogP contribution in [0.5, 0.6) is 5.75 Å². The highest BCUT2D eigenvalue weighted by atomic mass is 35.5. The lowest BCUT2D eigenvalue weighted by molar-refractivity contribution is 0.110. The van der Waals surface area contributed by atoms with Gasteiger partial charge in [0.2, 0.25) is 0 Å². The van der Waals surface area contributed by atoms with E-state index in [4.69, 9.17) is 20.8 Å². The van der Waals surface area contributed by atoms with Gasteiger partial charge in [0.1, 0.15) is 11.5 Å². The first kappa shape index (κ1) is 10.8. The normalized spacial score (nSPS) is 10.1. The molecule has 2 rings (SSSR count). The number of aldehydes is 1. The third-order valence-corrected chi connectivity index (χ3v) is 2.41. The van der Waals surface area contributed by atoms with Crippen LogP contribution in [-0.2, 0) is 0 Å². The minimum Gasteiger partial charge on any atom is -0.496 e. The van der Waals surface area contributed by atoms with E-state index in [9.17, 15) is 4.79 Å². The van der Waals surface area contributed by atoms with E-state index in [1.165, 1.54) is 0 Å². The first-order chi connectivity index (χ1) is 7.74. The molecule has 4 heteroatoms. The summed E-state index contributed by atoms with van der Waals surface area (Å²) >= 11 is 5.90. The van der Waals surface area contributed by atoms with Gasteiger partial charge in [-0.3, -0.25) is 4.79 Å². The Morgan fingerprint density at radius 2 is 2.12 bits per heavy atom. The van der Waals surface area contributed by atoms with Gasteiger partial charge < -0.3 is 9.15 Å². The molecule has 1 aromatic carbocycles. The summed E-state index contributed by atoms with van der Waals surface area (Å²) in [5.41, 5.74) is 0.725. The van der Waals surface area contributed by atoms with E-state index >= 15 is 0 Å². The Labute approximate surface area is 97.6 Å². The molecule has 1 aromatic heterocycles. The van der Waals surface area contributed by atoms with Crippen molar-refractivity contribution in [1.82, 2.24) is 0 Å². The molecule has 0 amide bonds. The van der Waals surface area contributed by atoms with E-state index in [1.54, 1.807) is 37.4 Å². The molecule has 0 aliphatic rings. The van der Waals surface area contributed by atoms with Gasteiger partial charge in [-0.1, -0.05) is 11.6 Å². The highest BCUT2D eigenvalue weighted by Gasteiger charge is 2.10. The van der Waals surface area contributed by atoms with Crippen LogP contribution in [-0.4, -0.2) is 13.4 Å². The van der Waals surface area contributed by atoms with Crippen molar-refractivity contribution in [2.75, 3.05) is 7.11 Å². The van der Waals surface area contributed by atoms with Gasteiger partial charge in [-0.05, 0) is 30.3 Å². The van der Waals surface area contributed by atoms with Crippen LogP contribution in [0.3, 0.4) is 0 Å². The summed E-state index contributed by atoms with van der Waals surface area (Å²) in [6.45, 7) is 0. The summed E-state index contributed by atoms with van der Waals surface area (Å²) in [6.07, 6.45) is 0.653. The van der Waals surface area contributed by atoms with Crippen LogP contribution in [0.1, 0.15) is 10.6 Å². The highest BCUT2D eigenvalue weighted by molar-refractivity contribution is 6.30. The monoisotopic (exact) mass is 236 g/mol. The fourth-order valence-electron chi connectivity index (χ4n) is 1.43. The summed E-state index contributed by atoms with van der Waals surface area (Å²) in [5, 5.41) is 0.583. The first-order valence-corrected chi connectivity index (χ1v) is 5.01. The molecule has 0 unspecified atom stereocenters. The number of hydrogen-bond acceptors (Lipinski definition) is 3. The molecule has 0 saturated carbocycles. The number of benzene rings is 1. The second kappa shape index (κ2) is 4.41. The van der Waals surface area contributed by atoms with Crippen molar-refractivity contribution in [2.45, 2.75) is 0 Å². The predicted octanol–water partition coefficient (Wildman–Crippen LogP) is 3.42. The third kappa shape index (κ3) is 1.95. The molecule has 0 bridgehead atoms. The number of rotatable bonds is 3. The molecular weight excluding hydrogens is 228 g/mol. The topological polar surface area (TPSA) is 39.4 Å². The van der Waals surface area contributed by atoms with E-state index in [0.29, 0.717) is 22.8 Å². The number of carbonyl (C=O) groups excluding carboxylic acids is 1. The Hall–Kier alpha value is -1.74. The molecule has 1 heterocycles. The SMILES string of the molecule is COc1ccc(Cl)cc1-c1ccc(C=O)o1. The lowest BCUT2D eigenvalue weighted by Crippen LogP contribution is -1.86. The van der Waals surface area contributed by atoms with Crippen LogP contribution < -0.4 is 4.74 Å². The van der Waals surface area contributed by atoms with Crippen LogP contribution in [0, 0.1) is 0 Å². The number of ether oxygens (including phenoxy) is 1. The van der Waals surface area contributed by atoms with Gasteiger partial charge in [-0.25, -0.2) is 0 Å². The quantitative estimate of drug-likeness (QED) is 0.767. The van der Waals surface area contributed by atoms with Crippen molar-refractivity contribution < 1.29 is 13.9 Å². The molecular formula is C12H9ClO3. The van der Waals surface area contributed by atoms with Crippen molar-refractivity contribution in [1.29, 1.82) is 0 Å². The molecule has 2 aromatic rings. The molecule has 3 nitrogen and oxygen atoms in total. The summed E-state index contributed by atoms with van der Waals surface area (Å²) < 4.78 is 10.5. The maximum atomic E-state index is 10.5. The number of furan rings is 1. The zero-order valence-electron chi connectivity index (χ0n) is 8.57. The second-order valence-electron chi connectivity index (χ2n) is 3.16. The minimum atomic E-state index is 0.275. The molecule has 82 valence electrons. The van der Waals surface area contributed by atoms with Crippen LogP contribution in [0.2, 0.25) is 5.02 Å². The van der Waals surface area contributed by atoms with Gasteiger partial charge in [0, 0.05) is 5.02 Å². The number of carbonyl (C=O) groups is 1. The van der Waals surface area contributed by atoms with E-state index in [-0.39, 0.29) is 5.76 Å². The summed E-state index contributed by atoms with van der Waals surface area (Å²) in [7, 11) is 1.57. The van der Waals surface area contributed by atoms with Crippen molar-refractivity contribution in [3.05, 3.63) is 41.1 Å². The van der Waals surface area contributed by atoms with Gasteiger partial charge >= 0.3 is 0 Å². The van der Waals surface area contributed by atoms with Crippen molar-refractivity contribution in [2.24, 2.45) is 0 Å². The maximum Gasteiger partial charge on any atom is 0.185 e. The third-order valence-electron chi connectivity index (χ3n) is 2.17. The zero-order chi connectivity index (χ0) is 11.5. The van der Waals surface area contributed by atoms with Crippen LogP contribution in [0.4, 0.5) is 0 Å². The average molecular weight is 237 g/mol. The van der Waals surface area contributed by atoms with Gasteiger partial charge in [0.05, 0.1) is 12.7 Å². The summed E-state index contributed by atoms with van der Waals surface area (Å²) in [4.78, 5) is 10.5. The minimum absolute atomic E-state index is 0.275. The molecule has 0 spiro atoms. The van der Waals surface area contributed by atoms with Crippen molar-refractivity contribution in [3.8, 4) is 17.1 Å². The van der Waals surface area contributed by atoms with Gasteiger partial charge in [-0.2, -0.15) is 0 Å². The molecule has 16 heavy (non-hydrogen) atoms. The fraction of sp³-hybridized carbons (Fsp3) is 0.0833. The Bertz CT molecular complexity index is 517. The predicted molar refractivity (Wildman–Crippen MR) is 61.1 cm³/mol. The van der Waals surface area contributed by atoms with Crippen LogP contribution in [0.15, 0.2) is 34.7 Å². The smallest absolute Gasteiger partial charge is 0.185 e. The molecule has 0 radical (unpaired) electrons. The first-order valence-electron chi connectivity index (χ1n) is 4.63. The lowest BCUT2D eigenvalue weighted by Gasteiger charge is -2.05. The molecule has 0 fully saturated rings. The number of methoxy groups -OCH3 is 1. The Kier molecular flexibility index (Phi) is 2.97. The summed E-state index contributed by atoms with van der Waals surface area (Å²) in [5.74, 6) is 1.48.